The molecular weight excluding hydrogens is 360 g/mol. The molecule has 0 saturated heterocycles. The zero-order valence-electron chi connectivity index (χ0n) is 14.7. The average molecular weight is 376 g/mol. The SMILES string of the molecule is Cc1ccc(-c2csc(NC(=O)c3cccc(-n4cnnn4)c3)n2)c(C)c1. The van der Waals surface area contributed by atoms with Crippen molar-refractivity contribution in [3.63, 3.8) is 0 Å². The van der Waals surface area contributed by atoms with Gasteiger partial charge in [0.2, 0.25) is 0 Å². The van der Waals surface area contributed by atoms with Gasteiger partial charge < -0.3 is 0 Å². The molecule has 8 heteroatoms. The van der Waals surface area contributed by atoms with Crippen molar-refractivity contribution in [2.45, 2.75) is 13.8 Å². The number of nitrogens with one attached hydrogen (secondary N) is 1. The first-order valence-corrected chi connectivity index (χ1v) is 9.16. The van der Waals surface area contributed by atoms with Gasteiger partial charge in [-0.3, -0.25) is 10.1 Å². The monoisotopic (exact) mass is 376 g/mol. The summed E-state index contributed by atoms with van der Waals surface area (Å²) in [5, 5.41) is 16.4. The van der Waals surface area contributed by atoms with E-state index in [-0.39, 0.29) is 5.91 Å². The molecule has 2 aromatic heterocycles. The van der Waals surface area contributed by atoms with Crippen LogP contribution in [0.15, 0.2) is 54.2 Å². The Morgan fingerprint density at radius 3 is 2.81 bits per heavy atom. The van der Waals surface area contributed by atoms with E-state index in [2.05, 4.69) is 57.9 Å². The molecule has 7 nitrogen and oxygen atoms in total. The number of carbonyl (C=O) groups is 1. The number of hydrogen-bond acceptors (Lipinski definition) is 6. The van der Waals surface area contributed by atoms with Gasteiger partial charge in [-0.25, -0.2) is 9.67 Å². The molecule has 134 valence electrons. The highest BCUT2D eigenvalue weighted by molar-refractivity contribution is 7.14. The topological polar surface area (TPSA) is 85.6 Å². The molecular formula is C19H16N6OS. The normalized spacial score (nSPS) is 10.7. The molecule has 1 amide bonds. The number of anilines is 1. The lowest BCUT2D eigenvalue weighted by Gasteiger charge is -2.05. The number of hydrogen-bond donors (Lipinski definition) is 1. The summed E-state index contributed by atoms with van der Waals surface area (Å²) in [5.74, 6) is -0.230. The van der Waals surface area contributed by atoms with Crippen LogP contribution in [0.3, 0.4) is 0 Å². The molecule has 0 unspecified atom stereocenters. The molecule has 0 aliphatic rings. The average Bonchev–Trinajstić information content (AvgIpc) is 3.34. The Morgan fingerprint density at radius 2 is 2.04 bits per heavy atom. The maximum Gasteiger partial charge on any atom is 0.257 e. The highest BCUT2D eigenvalue weighted by Crippen LogP contribution is 2.28. The first-order chi connectivity index (χ1) is 13.1. The second-order valence-electron chi connectivity index (χ2n) is 6.12. The number of amides is 1. The third-order valence-corrected chi connectivity index (χ3v) is 4.86. The first kappa shape index (κ1) is 17.0. The molecule has 4 aromatic rings. The third kappa shape index (κ3) is 3.61. The predicted molar refractivity (Wildman–Crippen MR) is 104 cm³/mol. The number of carbonyl (C=O) groups excluding carboxylic acids is 1. The van der Waals surface area contributed by atoms with Crippen molar-refractivity contribution in [3.05, 3.63) is 70.9 Å². The molecule has 0 fully saturated rings. The van der Waals surface area contributed by atoms with Gasteiger partial charge in [0.05, 0.1) is 11.4 Å². The molecule has 27 heavy (non-hydrogen) atoms. The Labute approximate surface area is 159 Å². The summed E-state index contributed by atoms with van der Waals surface area (Å²) in [6, 6.07) is 13.3. The van der Waals surface area contributed by atoms with Gasteiger partial charge in [-0.05, 0) is 48.0 Å². The molecule has 1 N–H and O–H groups in total. The van der Waals surface area contributed by atoms with E-state index in [1.54, 1.807) is 18.2 Å². The van der Waals surface area contributed by atoms with Crippen molar-refractivity contribution in [3.8, 4) is 16.9 Å². The number of aryl methyl sites for hydroxylation is 2. The number of nitrogens with zero attached hydrogens (tertiary/aromatic N) is 5. The Kier molecular flexibility index (Phi) is 4.47. The zero-order valence-corrected chi connectivity index (χ0v) is 15.6. The van der Waals surface area contributed by atoms with Crippen molar-refractivity contribution in [2.24, 2.45) is 0 Å². The van der Waals surface area contributed by atoms with Crippen LogP contribution in [-0.4, -0.2) is 31.1 Å². The summed E-state index contributed by atoms with van der Waals surface area (Å²) in [6.45, 7) is 4.12. The zero-order chi connectivity index (χ0) is 18.8. The molecule has 0 saturated carbocycles. The van der Waals surface area contributed by atoms with Crippen LogP contribution in [0.2, 0.25) is 0 Å². The van der Waals surface area contributed by atoms with E-state index >= 15 is 0 Å². The maximum atomic E-state index is 12.6. The molecule has 0 bridgehead atoms. The Bertz CT molecular complexity index is 1100. The summed E-state index contributed by atoms with van der Waals surface area (Å²) in [5.41, 5.74) is 5.51. The number of thiazole rings is 1. The second-order valence-corrected chi connectivity index (χ2v) is 6.97. The minimum Gasteiger partial charge on any atom is -0.298 e. The van der Waals surface area contributed by atoms with Crippen LogP contribution in [0.1, 0.15) is 21.5 Å². The Balaban J connectivity index is 1.54. The van der Waals surface area contributed by atoms with Gasteiger partial charge in [-0.15, -0.1) is 16.4 Å². The number of tetrazole rings is 1. The van der Waals surface area contributed by atoms with Crippen LogP contribution in [0.4, 0.5) is 5.13 Å². The molecule has 0 atom stereocenters. The van der Waals surface area contributed by atoms with Gasteiger partial charge in [-0.2, -0.15) is 0 Å². The maximum absolute atomic E-state index is 12.6. The fourth-order valence-electron chi connectivity index (χ4n) is 2.79. The van der Waals surface area contributed by atoms with E-state index < -0.39 is 0 Å². The van der Waals surface area contributed by atoms with Crippen LogP contribution < -0.4 is 5.32 Å². The van der Waals surface area contributed by atoms with Crippen molar-refractivity contribution >= 4 is 22.4 Å². The van der Waals surface area contributed by atoms with E-state index in [4.69, 9.17) is 0 Å². The van der Waals surface area contributed by atoms with Crippen LogP contribution in [0, 0.1) is 13.8 Å². The molecule has 0 radical (unpaired) electrons. The fourth-order valence-corrected chi connectivity index (χ4v) is 3.50. The molecule has 0 aliphatic heterocycles. The van der Waals surface area contributed by atoms with Gasteiger partial charge in [0.1, 0.15) is 6.33 Å². The first-order valence-electron chi connectivity index (χ1n) is 8.28. The van der Waals surface area contributed by atoms with E-state index in [9.17, 15) is 4.79 Å². The van der Waals surface area contributed by atoms with Gasteiger partial charge in [0.15, 0.2) is 5.13 Å². The van der Waals surface area contributed by atoms with Crippen molar-refractivity contribution < 1.29 is 4.79 Å². The van der Waals surface area contributed by atoms with Gasteiger partial charge in [0, 0.05) is 16.5 Å². The lowest BCUT2D eigenvalue weighted by Crippen LogP contribution is -2.12. The number of benzene rings is 2. The van der Waals surface area contributed by atoms with E-state index in [0.29, 0.717) is 16.4 Å². The third-order valence-electron chi connectivity index (χ3n) is 4.10. The Hall–Kier alpha value is -3.39. The van der Waals surface area contributed by atoms with Crippen LogP contribution >= 0.6 is 11.3 Å². The highest BCUT2D eigenvalue weighted by atomic mass is 32.1. The van der Waals surface area contributed by atoms with E-state index in [1.807, 2.05) is 11.4 Å². The van der Waals surface area contributed by atoms with Crippen LogP contribution in [0.5, 0.6) is 0 Å². The largest absolute Gasteiger partial charge is 0.298 e. The summed E-state index contributed by atoms with van der Waals surface area (Å²) in [7, 11) is 0. The van der Waals surface area contributed by atoms with Gasteiger partial charge >= 0.3 is 0 Å². The van der Waals surface area contributed by atoms with E-state index in [0.717, 1.165) is 16.8 Å². The quantitative estimate of drug-likeness (QED) is 0.587. The number of rotatable bonds is 4. The van der Waals surface area contributed by atoms with Crippen LogP contribution in [-0.2, 0) is 0 Å². The molecule has 4 rings (SSSR count). The van der Waals surface area contributed by atoms with Gasteiger partial charge in [0.25, 0.3) is 5.91 Å². The number of aromatic nitrogens is 5. The molecule has 2 aromatic carbocycles. The lowest BCUT2D eigenvalue weighted by molar-refractivity contribution is 0.102. The minimum absolute atomic E-state index is 0.230. The van der Waals surface area contributed by atoms with Crippen molar-refractivity contribution in [1.82, 2.24) is 25.2 Å². The minimum atomic E-state index is -0.230. The van der Waals surface area contributed by atoms with E-state index in [1.165, 1.54) is 27.9 Å². The Morgan fingerprint density at radius 1 is 1.15 bits per heavy atom. The summed E-state index contributed by atoms with van der Waals surface area (Å²) in [6.07, 6.45) is 1.48. The molecule has 2 heterocycles. The standard InChI is InChI=1S/C19H16N6OS/c1-12-6-7-16(13(2)8-12)17-10-27-19(21-17)22-18(26)14-4-3-5-15(9-14)25-11-20-23-24-25/h3-11H,1-2H3,(H,21,22,26). The van der Waals surface area contributed by atoms with Crippen molar-refractivity contribution in [2.75, 3.05) is 5.32 Å². The molecule has 0 spiro atoms. The summed E-state index contributed by atoms with van der Waals surface area (Å²) >= 11 is 1.40. The van der Waals surface area contributed by atoms with Crippen molar-refractivity contribution in [1.29, 1.82) is 0 Å². The fraction of sp³-hybridized carbons (Fsp3) is 0.105. The molecule has 0 aliphatic carbocycles. The summed E-state index contributed by atoms with van der Waals surface area (Å²) < 4.78 is 1.50. The predicted octanol–water partition coefficient (Wildman–Crippen LogP) is 3.65. The summed E-state index contributed by atoms with van der Waals surface area (Å²) in [4.78, 5) is 17.1. The lowest BCUT2D eigenvalue weighted by atomic mass is 10.0. The smallest absolute Gasteiger partial charge is 0.257 e. The second kappa shape index (κ2) is 7.08. The highest BCUT2D eigenvalue weighted by Gasteiger charge is 2.12. The van der Waals surface area contributed by atoms with Gasteiger partial charge in [-0.1, -0.05) is 29.8 Å². The van der Waals surface area contributed by atoms with Crippen LogP contribution in [0.25, 0.3) is 16.9 Å².